The Labute approximate surface area is 260 Å². The molecule has 2 aliphatic carbocycles. The largest absolute Gasteiger partial charge is 0.487 e. The fourth-order valence-corrected chi connectivity index (χ4v) is 8.94. The first kappa shape index (κ1) is 30.5. The summed E-state index contributed by atoms with van der Waals surface area (Å²) in [7, 11) is -3.93. The highest BCUT2D eigenvalue weighted by Gasteiger charge is 2.39. The van der Waals surface area contributed by atoms with E-state index in [1.54, 1.807) is 18.2 Å². The maximum Gasteiger partial charge on any atom is 0.264 e. The lowest BCUT2D eigenvalue weighted by Crippen LogP contribution is -2.44. The number of carbonyl (C=O) groups excluding carboxylic acids is 1. The minimum Gasteiger partial charge on any atom is -0.487 e. The zero-order valence-corrected chi connectivity index (χ0v) is 26.5. The molecule has 1 amide bonds. The van der Waals surface area contributed by atoms with Crippen LogP contribution in [0.5, 0.6) is 5.75 Å². The molecule has 2 N–H and O–H groups in total. The quantitative estimate of drug-likeness (QED) is 0.381. The van der Waals surface area contributed by atoms with Crippen molar-refractivity contribution in [3.8, 4) is 5.75 Å². The number of anilines is 1. The SMILES string of the molecule is C[C@H]1C/C=C/[C@H](O)[C@@H]2CC[C@H]2CN2CCCCc3cc(Cl)ccc3COc3ccc(cc32)C(=O)NS(=O)(=O)[C@@H]1CC1CC1. The predicted molar refractivity (Wildman–Crippen MR) is 170 cm³/mol. The van der Waals surface area contributed by atoms with E-state index in [1.807, 2.05) is 37.3 Å². The number of carbonyl (C=O) groups is 1. The first-order valence-corrected chi connectivity index (χ1v) is 17.8. The second kappa shape index (κ2) is 12.8. The molecule has 6 rings (SSSR count). The van der Waals surface area contributed by atoms with Crippen LogP contribution >= 0.6 is 11.6 Å². The van der Waals surface area contributed by atoms with E-state index in [0.29, 0.717) is 47.6 Å². The molecule has 7 nitrogen and oxygen atoms in total. The molecule has 2 saturated carbocycles. The van der Waals surface area contributed by atoms with Crippen LogP contribution < -0.4 is 14.4 Å². The summed E-state index contributed by atoms with van der Waals surface area (Å²) in [6.45, 7) is 3.78. The van der Waals surface area contributed by atoms with Crippen LogP contribution in [0.2, 0.25) is 5.02 Å². The molecule has 2 fully saturated rings. The maximum absolute atomic E-state index is 13.7. The summed E-state index contributed by atoms with van der Waals surface area (Å²) in [5.74, 6) is 0.693. The summed E-state index contributed by atoms with van der Waals surface area (Å²) < 4.78 is 36.2. The van der Waals surface area contributed by atoms with Crippen LogP contribution in [0.15, 0.2) is 48.6 Å². The number of ether oxygens (including phenoxy) is 1. The summed E-state index contributed by atoms with van der Waals surface area (Å²) in [5, 5.41) is 11.2. The summed E-state index contributed by atoms with van der Waals surface area (Å²) in [6, 6.07) is 11.1. The number of aliphatic hydroxyl groups is 1. The van der Waals surface area contributed by atoms with E-state index in [0.717, 1.165) is 69.3 Å². The van der Waals surface area contributed by atoms with E-state index in [9.17, 15) is 18.3 Å². The predicted octanol–water partition coefficient (Wildman–Crippen LogP) is 6.27. The molecule has 9 heteroatoms. The molecule has 2 aliphatic heterocycles. The molecule has 0 radical (unpaired) electrons. The van der Waals surface area contributed by atoms with Gasteiger partial charge in [0.25, 0.3) is 5.91 Å². The molecule has 232 valence electrons. The van der Waals surface area contributed by atoms with E-state index in [1.165, 1.54) is 5.56 Å². The molecular weight excluding hydrogens is 584 g/mol. The summed E-state index contributed by atoms with van der Waals surface area (Å²) in [4.78, 5) is 15.8. The van der Waals surface area contributed by atoms with Crippen molar-refractivity contribution in [1.82, 2.24) is 4.72 Å². The second-order valence-corrected chi connectivity index (χ2v) is 15.5. The topological polar surface area (TPSA) is 95.9 Å². The van der Waals surface area contributed by atoms with Crippen molar-refractivity contribution in [3.63, 3.8) is 0 Å². The molecule has 2 bridgehead atoms. The smallest absolute Gasteiger partial charge is 0.264 e. The molecule has 43 heavy (non-hydrogen) atoms. The van der Waals surface area contributed by atoms with Crippen molar-refractivity contribution in [2.24, 2.45) is 23.7 Å². The number of hydrogen-bond donors (Lipinski definition) is 2. The number of amides is 1. The highest BCUT2D eigenvalue weighted by molar-refractivity contribution is 7.90. The fourth-order valence-electron chi connectivity index (χ4n) is 6.97. The van der Waals surface area contributed by atoms with Crippen LogP contribution in [-0.4, -0.2) is 43.9 Å². The Hall–Kier alpha value is -2.55. The lowest BCUT2D eigenvalue weighted by atomic mass is 9.70. The standard InChI is InChI=1S/C34H43ClN2O5S/c1-22-5-4-7-31(38)29-14-11-26(29)20-37-16-3-2-6-24-18-28(35)13-10-27(24)21-42-32-15-12-25(19-30(32)37)34(39)36-43(40,41)33(22)17-23-8-9-23/h4,7,10,12-13,15,18-19,22-23,26,29,31,33,38H,2-3,5-6,8-9,11,14,16-17,20-21H2,1H3,(H,36,39)/b7-4+/t22-,26-,29+,31-,33+/m0/s1. The van der Waals surface area contributed by atoms with E-state index >= 15 is 0 Å². The third kappa shape index (κ3) is 7.07. The lowest BCUT2D eigenvalue weighted by molar-refractivity contribution is 0.0461. The first-order chi connectivity index (χ1) is 20.7. The fraction of sp³-hybridized carbons (Fsp3) is 0.559. The van der Waals surface area contributed by atoms with Crippen LogP contribution in [0.4, 0.5) is 5.69 Å². The number of nitrogens with one attached hydrogen (secondary N) is 1. The van der Waals surface area contributed by atoms with Crippen LogP contribution in [0.3, 0.4) is 0 Å². The van der Waals surface area contributed by atoms with Crippen molar-refractivity contribution >= 4 is 33.2 Å². The molecule has 0 spiro atoms. The number of sulfonamides is 1. The Balaban J connectivity index is 1.37. The zero-order chi connectivity index (χ0) is 30.1. The number of nitrogens with zero attached hydrogens (tertiary/aromatic N) is 1. The molecule has 0 saturated heterocycles. The van der Waals surface area contributed by atoms with Crippen molar-refractivity contribution in [1.29, 1.82) is 0 Å². The highest BCUT2D eigenvalue weighted by atomic mass is 35.5. The van der Waals surface area contributed by atoms with Gasteiger partial charge in [-0.25, -0.2) is 13.1 Å². The van der Waals surface area contributed by atoms with E-state index < -0.39 is 27.3 Å². The molecular formula is C34H43ClN2O5S. The van der Waals surface area contributed by atoms with E-state index in [2.05, 4.69) is 9.62 Å². The summed E-state index contributed by atoms with van der Waals surface area (Å²) >= 11 is 6.32. The number of fused-ring (bicyclic) bond motifs is 3. The van der Waals surface area contributed by atoms with Gasteiger partial charge in [0.1, 0.15) is 12.4 Å². The first-order valence-electron chi connectivity index (χ1n) is 15.9. The Morgan fingerprint density at radius 1 is 1.07 bits per heavy atom. The number of aliphatic hydroxyl groups excluding tert-OH is 1. The molecule has 4 aliphatic rings. The number of halogens is 1. The number of allylic oxidation sites excluding steroid dienone is 1. The van der Waals surface area contributed by atoms with Crippen LogP contribution in [0.25, 0.3) is 0 Å². The number of benzene rings is 2. The number of aryl methyl sites for hydroxylation is 1. The van der Waals surface area contributed by atoms with Gasteiger partial charge in [-0.1, -0.05) is 49.6 Å². The molecule has 0 aromatic heterocycles. The Kier molecular flexibility index (Phi) is 9.09. The average molecular weight is 627 g/mol. The van der Waals surface area contributed by atoms with Gasteiger partial charge in [0, 0.05) is 23.7 Å². The maximum atomic E-state index is 13.7. The van der Waals surface area contributed by atoms with Crippen molar-refractivity contribution < 1.29 is 23.1 Å². The van der Waals surface area contributed by atoms with E-state index in [-0.39, 0.29) is 11.8 Å². The van der Waals surface area contributed by atoms with Gasteiger partial charge in [-0.3, -0.25) is 4.79 Å². The van der Waals surface area contributed by atoms with Gasteiger partial charge in [0.05, 0.1) is 17.0 Å². The lowest BCUT2D eigenvalue weighted by Gasteiger charge is -2.42. The highest BCUT2D eigenvalue weighted by Crippen LogP contribution is 2.41. The minimum atomic E-state index is -3.93. The normalized spacial score (nSPS) is 30.3. The summed E-state index contributed by atoms with van der Waals surface area (Å²) in [6.07, 6.45) is 11.2. The van der Waals surface area contributed by atoms with Crippen LogP contribution in [-0.2, 0) is 23.1 Å². The third-order valence-electron chi connectivity index (χ3n) is 9.98. The molecule has 2 aromatic carbocycles. The average Bonchev–Trinajstić information content (AvgIpc) is 3.78. The molecule has 2 heterocycles. The van der Waals surface area contributed by atoms with Crippen LogP contribution in [0, 0.1) is 23.7 Å². The molecule has 2 aromatic rings. The number of rotatable bonds is 2. The molecule has 5 atom stereocenters. The van der Waals surface area contributed by atoms with Gasteiger partial charge in [-0.05, 0) is 110 Å². The van der Waals surface area contributed by atoms with Gasteiger partial charge in [0.15, 0.2) is 0 Å². The Bertz CT molecular complexity index is 1470. The van der Waals surface area contributed by atoms with Gasteiger partial charge in [0.2, 0.25) is 10.0 Å². The van der Waals surface area contributed by atoms with Gasteiger partial charge >= 0.3 is 0 Å². The summed E-state index contributed by atoms with van der Waals surface area (Å²) in [5.41, 5.74) is 3.34. The van der Waals surface area contributed by atoms with Gasteiger partial charge in [-0.15, -0.1) is 0 Å². The van der Waals surface area contributed by atoms with Crippen molar-refractivity contribution in [3.05, 3.63) is 70.3 Å². The van der Waals surface area contributed by atoms with Crippen LogP contribution in [0.1, 0.15) is 79.8 Å². The minimum absolute atomic E-state index is 0.144. The van der Waals surface area contributed by atoms with Crippen molar-refractivity contribution in [2.75, 3.05) is 18.0 Å². The van der Waals surface area contributed by atoms with E-state index in [4.69, 9.17) is 16.3 Å². The van der Waals surface area contributed by atoms with Gasteiger partial charge in [-0.2, -0.15) is 0 Å². The Morgan fingerprint density at radius 3 is 2.67 bits per heavy atom. The second-order valence-electron chi connectivity index (χ2n) is 13.1. The number of hydrogen-bond acceptors (Lipinski definition) is 6. The third-order valence-corrected chi connectivity index (χ3v) is 12.1. The molecule has 0 unspecified atom stereocenters. The van der Waals surface area contributed by atoms with Gasteiger partial charge < -0.3 is 14.7 Å². The zero-order valence-electron chi connectivity index (χ0n) is 24.9. The van der Waals surface area contributed by atoms with Crippen molar-refractivity contribution in [2.45, 2.75) is 82.7 Å². The Morgan fingerprint density at radius 2 is 1.91 bits per heavy atom. The monoisotopic (exact) mass is 626 g/mol.